The van der Waals surface area contributed by atoms with E-state index < -0.39 is 4.92 Å². The lowest BCUT2D eigenvalue weighted by atomic mass is 10.1. The third-order valence-electron chi connectivity index (χ3n) is 3.39. The predicted octanol–water partition coefficient (Wildman–Crippen LogP) is 3.10. The SMILES string of the molecule is CCC1CCN(c2sc(C(C)=O)cc2[N+](=O)[O-])C1. The summed E-state index contributed by atoms with van der Waals surface area (Å²) < 4.78 is 0. The van der Waals surface area contributed by atoms with Gasteiger partial charge in [0.25, 0.3) is 0 Å². The average molecular weight is 268 g/mol. The summed E-state index contributed by atoms with van der Waals surface area (Å²) in [4.78, 5) is 24.5. The number of thiophene rings is 1. The van der Waals surface area contributed by atoms with Crippen molar-refractivity contribution in [2.75, 3.05) is 18.0 Å². The molecule has 0 aromatic carbocycles. The van der Waals surface area contributed by atoms with Crippen LogP contribution in [0.5, 0.6) is 0 Å². The van der Waals surface area contributed by atoms with Gasteiger partial charge >= 0.3 is 5.69 Å². The van der Waals surface area contributed by atoms with E-state index in [2.05, 4.69) is 6.92 Å². The van der Waals surface area contributed by atoms with E-state index in [9.17, 15) is 14.9 Å². The molecule has 1 aromatic heterocycles. The van der Waals surface area contributed by atoms with Crippen LogP contribution in [0, 0.1) is 16.0 Å². The van der Waals surface area contributed by atoms with Crippen LogP contribution >= 0.6 is 11.3 Å². The van der Waals surface area contributed by atoms with Crippen LogP contribution in [0.2, 0.25) is 0 Å². The molecule has 2 heterocycles. The Kier molecular flexibility index (Phi) is 3.65. The lowest BCUT2D eigenvalue weighted by Crippen LogP contribution is -2.19. The van der Waals surface area contributed by atoms with Crippen LogP contribution < -0.4 is 4.90 Å². The molecule has 1 fully saturated rings. The molecule has 1 aliphatic heterocycles. The van der Waals surface area contributed by atoms with Crippen molar-refractivity contribution in [3.63, 3.8) is 0 Å². The molecule has 1 atom stereocenters. The van der Waals surface area contributed by atoms with E-state index in [-0.39, 0.29) is 11.5 Å². The number of hydrogen-bond donors (Lipinski definition) is 0. The van der Waals surface area contributed by atoms with Gasteiger partial charge < -0.3 is 4.90 Å². The van der Waals surface area contributed by atoms with Crippen LogP contribution in [0.1, 0.15) is 36.4 Å². The van der Waals surface area contributed by atoms with Crippen molar-refractivity contribution in [2.24, 2.45) is 5.92 Å². The topological polar surface area (TPSA) is 63.5 Å². The van der Waals surface area contributed by atoms with Crippen molar-refractivity contribution >= 4 is 27.8 Å². The quantitative estimate of drug-likeness (QED) is 0.478. The first kappa shape index (κ1) is 13.0. The molecule has 1 aromatic rings. The number of nitrogens with zero attached hydrogens (tertiary/aromatic N) is 2. The first-order valence-electron chi connectivity index (χ1n) is 6.07. The molecular weight excluding hydrogens is 252 g/mol. The summed E-state index contributed by atoms with van der Waals surface area (Å²) >= 11 is 1.24. The normalized spacial score (nSPS) is 19.2. The van der Waals surface area contributed by atoms with Gasteiger partial charge in [-0.2, -0.15) is 0 Å². The van der Waals surface area contributed by atoms with E-state index in [4.69, 9.17) is 0 Å². The van der Waals surface area contributed by atoms with Crippen LogP contribution in [0.25, 0.3) is 0 Å². The highest BCUT2D eigenvalue weighted by Gasteiger charge is 2.30. The molecule has 1 saturated heterocycles. The largest absolute Gasteiger partial charge is 0.357 e. The van der Waals surface area contributed by atoms with Crippen LogP contribution in [0.4, 0.5) is 10.7 Å². The van der Waals surface area contributed by atoms with E-state index in [1.54, 1.807) is 0 Å². The van der Waals surface area contributed by atoms with E-state index >= 15 is 0 Å². The molecule has 0 spiro atoms. The van der Waals surface area contributed by atoms with Crippen LogP contribution in [0.15, 0.2) is 6.07 Å². The molecule has 1 aliphatic rings. The Balaban J connectivity index is 2.31. The summed E-state index contributed by atoms with van der Waals surface area (Å²) in [5, 5.41) is 11.7. The predicted molar refractivity (Wildman–Crippen MR) is 71.6 cm³/mol. The van der Waals surface area contributed by atoms with Gasteiger partial charge in [0.05, 0.1) is 9.80 Å². The zero-order valence-corrected chi connectivity index (χ0v) is 11.3. The van der Waals surface area contributed by atoms with E-state index in [1.165, 1.54) is 24.3 Å². The number of Topliss-reactive ketones (excluding diaryl/α,β-unsaturated/α-hetero) is 1. The van der Waals surface area contributed by atoms with E-state index in [1.807, 2.05) is 4.90 Å². The molecule has 18 heavy (non-hydrogen) atoms. The molecule has 0 bridgehead atoms. The minimum Gasteiger partial charge on any atom is -0.357 e. The molecular formula is C12H16N2O3S. The van der Waals surface area contributed by atoms with Crippen molar-refractivity contribution in [2.45, 2.75) is 26.7 Å². The van der Waals surface area contributed by atoms with Crippen molar-refractivity contribution < 1.29 is 9.72 Å². The Morgan fingerprint density at radius 1 is 1.67 bits per heavy atom. The lowest BCUT2D eigenvalue weighted by Gasteiger charge is -2.15. The number of ketones is 1. The fraction of sp³-hybridized carbons (Fsp3) is 0.583. The van der Waals surface area contributed by atoms with Crippen LogP contribution in [-0.2, 0) is 0 Å². The van der Waals surface area contributed by atoms with Crippen molar-refractivity contribution in [1.82, 2.24) is 0 Å². The highest BCUT2D eigenvalue weighted by Crippen LogP contribution is 2.40. The first-order valence-corrected chi connectivity index (χ1v) is 6.88. The van der Waals surface area contributed by atoms with Gasteiger partial charge in [-0.25, -0.2) is 0 Å². The fourth-order valence-corrected chi connectivity index (χ4v) is 3.31. The molecule has 0 aliphatic carbocycles. The molecule has 6 heteroatoms. The molecule has 2 rings (SSSR count). The van der Waals surface area contributed by atoms with Gasteiger partial charge in [-0.15, -0.1) is 11.3 Å². The smallest absolute Gasteiger partial charge is 0.304 e. The van der Waals surface area contributed by atoms with Crippen molar-refractivity contribution in [3.8, 4) is 0 Å². The highest BCUT2D eigenvalue weighted by molar-refractivity contribution is 7.18. The molecule has 0 radical (unpaired) electrons. The standard InChI is InChI=1S/C12H16N2O3S/c1-3-9-4-5-13(7-9)12-10(14(16)17)6-11(18-12)8(2)15/h6,9H,3-5,7H2,1-2H3. The second-order valence-electron chi connectivity index (χ2n) is 4.62. The highest BCUT2D eigenvalue weighted by atomic mass is 32.1. The molecule has 1 unspecified atom stereocenters. The van der Waals surface area contributed by atoms with Gasteiger partial charge in [0.2, 0.25) is 0 Å². The Morgan fingerprint density at radius 2 is 2.39 bits per heavy atom. The zero-order chi connectivity index (χ0) is 13.3. The summed E-state index contributed by atoms with van der Waals surface area (Å²) in [6.07, 6.45) is 2.16. The number of carbonyl (C=O) groups excluding carboxylic acids is 1. The van der Waals surface area contributed by atoms with E-state index in [0.29, 0.717) is 15.8 Å². The minimum atomic E-state index is -0.391. The number of anilines is 1. The lowest BCUT2D eigenvalue weighted by molar-refractivity contribution is -0.383. The Morgan fingerprint density at radius 3 is 2.89 bits per heavy atom. The van der Waals surface area contributed by atoms with Gasteiger partial charge in [-0.3, -0.25) is 14.9 Å². The first-order chi connectivity index (χ1) is 8.52. The Labute approximate surface area is 110 Å². The molecule has 0 N–H and O–H groups in total. The Hall–Kier alpha value is -1.43. The summed E-state index contributed by atoms with van der Waals surface area (Å²) in [5.41, 5.74) is 0.0713. The second-order valence-corrected chi connectivity index (χ2v) is 5.65. The maximum atomic E-state index is 11.3. The fourth-order valence-electron chi connectivity index (χ4n) is 2.25. The molecule has 98 valence electrons. The Bertz CT molecular complexity index is 484. The summed E-state index contributed by atoms with van der Waals surface area (Å²) in [5.74, 6) is 0.494. The maximum Gasteiger partial charge on any atom is 0.304 e. The van der Waals surface area contributed by atoms with Gasteiger partial charge in [0.15, 0.2) is 10.8 Å². The zero-order valence-electron chi connectivity index (χ0n) is 10.5. The molecule has 0 amide bonds. The second kappa shape index (κ2) is 5.06. The number of rotatable bonds is 4. The van der Waals surface area contributed by atoms with Gasteiger partial charge in [0.1, 0.15) is 0 Å². The summed E-state index contributed by atoms with van der Waals surface area (Å²) in [7, 11) is 0. The average Bonchev–Trinajstić information content (AvgIpc) is 2.95. The summed E-state index contributed by atoms with van der Waals surface area (Å²) in [6, 6.07) is 1.40. The molecule has 0 saturated carbocycles. The summed E-state index contributed by atoms with van der Waals surface area (Å²) in [6.45, 7) is 5.28. The third-order valence-corrected chi connectivity index (χ3v) is 4.67. The number of hydrogen-bond acceptors (Lipinski definition) is 5. The number of nitro groups is 1. The van der Waals surface area contributed by atoms with Gasteiger partial charge in [0, 0.05) is 19.2 Å². The third kappa shape index (κ3) is 2.38. The van der Waals surface area contributed by atoms with E-state index in [0.717, 1.165) is 25.9 Å². The minimum absolute atomic E-state index is 0.0713. The van der Waals surface area contributed by atoms with Gasteiger partial charge in [-0.1, -0.05) is 13.3 Å². The van der Waals surface area contributed by atoms with Crippen LogP contribution in [0.3, 0.4) is 0 Å². The van der Waals surface area contributed by atoms with Crippen LogP contribution in [-0.4, -0.2) is 23.8 Å². The van der Waals surface area contributed by atoms with Crippen molar-refractivity contribution in [3.05, 3.63) is 21.1 Å². The van der Waals surface area contributed by atoms with Gasteiger partial charge in [-0.05, 0) is 19.3 Å². The van der Waals surface area contributed by atoms with Crippen molar-refractivity contribution in [1.29, 1.82) is 0 Å². The monoisotopic (exact) mass is 268 g/mol. The number of carbonyl (C=O) groups is 1. The maximum absolute atomic E-state index is 11.3. The molecule has 5 nitrogen and oxygen atoms in total.